The van der Waals surface area contributed by atoms with E-state index in [1.165, 1.54) is 65.0 Å². The van der Waals surface area contributed by atoms with E-state index in [9.17, 15) is 0 Å². The third kappa shape index (κ3) is 4.30. The van der Waals surface area contributed by atoms with E-state index >= 15 is 0 Å². The maximum Gasteiger partial charge on any atom is 0.115 e. The summed E-state index contributed by atoms with van der Waals surface area (Å²) >= 11 is 0. The average molecular weight is 591 g/mol. The molecule has 0 amide bonds. The molecular formula is C42H30N4. The van der Waals surface area contributed by atoms with Crippen LogP contribution in [-0.4, -0.2) is 19.9 Å². The van der Waals surface area contributed by atoms with Crippen LogP contribution < -0.4 is 0 Å². The van der Waals surface area contributed by atoms with Crippen molar-refractivity contribution in [1.29, 1.82) is 0 Å². The van der Waals surface area contributed by atoms with Gasteiger partial charge in [0.25, 0.3) is 0 Å². The first-order chi connectivity index (χ1) is 22.9. The Bertz CT molecular complexity index is 2480. The second-order valence-corrected chi connectivity index (χ2v) is 11.1. The summed E-state index contributed by atoms with van der Waals surface area (Å²) in [6.45, 7) is 4.00. The molecule has 0 atom stereocenters. The molecule has 218 valence electrons. The first-order valence-corrected chi connectivity index (χ1v) is 15.7. The van der Waals surface area contributed by atoms with Crippen LogP contribution >= 0.6 is 0 Å². The topological polar surface area (TPSA) is 51.6 Å². The molecular weight excluding hydrogens is 560 g/mol. The SMILES string of the molecule is CC.c1ccc2c(-c3c4ccccc4c(-c4cncnc4)c4ccccc34)c3ccc4c(-c5cncnc5)cccc4c3cc2c1. The van der Waals surface area contributed by atoms with Gasteiger partial charge in [0.05, 0.1) is 0 Å². The van der Waals surface area contributed by atoms with Crippen molar-refractivity contribution in [2.75, 3.05) is 0 Å². The second-order valence-electron chi connectivity index (χ2n) is 11.1. The van der Waals surface area contributed by atoms with Crippen LogP contribution in [0.15, 0.2) is 147 Å². The predicted octanol–water partition coefficient (Wildman–Crippen LogP) is 11.1. The minimum atomic E-state index is 1.01. The molecule has 0 N–H and O–H groups in total. The molecule has 4 heteroatoms. The van der Waals surface area contributed by atoms with Crippen LogP contribution in [0.1, 0.15) is 13.8 Å². The largest absolute Gasteiger partial charge is 0.244 e. The van der Waals surface area contributed by atoms with E-state index in [0.29, 0.717) is 0 Å². The zero-order valence-corrected chi connectivity index (χ0v) is 25.6. The third-order valence-electron chi connectivity index (χ3n) is 8.80. The van der Waals surface area contributed by atoms with E-state index in [0.717, 1.165) is 22.3 Å². The van der Waals surface area contributed by atoms with Gasteiger partial charge in [-0.05, 0) is 76.6 Å². The number of fused-ring (bicyclic) bond motifs is 6. The Morgan fingerprint density at radius 3 is 1.43 bits per heavy atom. The highest BCUT2D eigenvalue weighted by Gasteiger charge is 2.21. The Labute approximate surface area is 267 Å². The van der Waals surface area contributed by atoms with Gasteiger partial charge in [-0.3, -0.25) is 0 Å². The molecule has 0 unspecified atom stereocenters. The van der Waals surface area contributed by atoms with Gasteiger partial charge >= 0.3 is 0 Å². The molecule has 0 spiro atoms. The van der Waals surface area contributed by atoms with E-state index in [1.54, 1.807) is 12.7 Å². The number of hydrogen-bond acceptors (Lipinski definition) is 4. The van der Waals surface area contributed by atoms with E-state index in [-0.39, 0.29) is 0 Å². The fourth-order valence-corrected chi connectivity index (χ4v) is 7.00. The molecule has 0 saturated heterocycles. The minimum absolute atomic E-state index is 1.01. The molecule has 9 rings (SSSR count). The summed E-state index contributed by atoms with van der Waals surface area (Å²) in [5.41, 5.74) is 6.80. The van der Waals surface area contributed by atoms with E-state index in [1.807, 2.05) is 38.6 Å². The summed E-state index contributed by atoms with van der Waals surface area (Å²) in [5, 5.41) is 12.1. The Morgan fingerprint density at radius 2 is 0.804 bits per heavy atom. The Morgan fingerprint density at radius 1 is 0.348 bits per heavy atom. The van der Waals surface area contributed by atoms with Crippen molar-refractivity contribution in [1.82, 2.24) is 19.9 Å². The molecule has 0 fully saturated rings. The number of nitrogens with zero attached hydrogens (tertiary/aromatic N) is 4. The van der Waals surface area contributed by atoms with Gasteiger partial charge in [0.2, 0.25) is 0 Å². The van der Waals surface area contributed by atoms with Crippen molar-refractivity contribution < 1.29 is 0 Å². The molecule has 2 aromatic heterocycles. The summed E-state index contributed by atoms with van der Waals surface area (Å²) < 4.78 is 0. The Hall–Kier alpha value is -6.00. The van der Waals surface area contributed by atoms with Crippen molar-refractivity contribution in [2.24, 2.45) is 0 Å². The van der Waals surface area contributed by atoms with Crippen LogP contribution in [0.2, 0.25) is 0 Å². The first-order valence-electron chi connectivity index (χ1n) is 15.7. The maximum absolute atomic E-state index is 4.38. The van der Waals surface area contributed by atoms with E-state index in [4.69, 9.17) is 0 Å². The second kappa shape index (κ2) is 11.5. The monoisotopic (exact) mass is 590 g/mol. The molecule has 46 heavy (non-hydrogen) atoms. The van der Waals surface area contributed by atoms with Gasteiger partial charge in [0.1, 0.15) is 12.7 Å². The van der Waals surface area contributed by atoms with Crippen molar-refractivity contribution in [3.05, 3.63) is 147 Å². The molecule has 0 radical (unpaired) electrons. The number of benzene rings is 7. The van der Waals surface area contributed by atoms with Crippen molar-refractivity contribution in [3.8, 4) is 33.4 Å². The van der Waals surface area contributed by atoms with Crippen molar-refractivity contribution in [2.45, 2.75) is 13.8 Å². The van der Waals surface area contributed by atoms with Gasteiger partial charge < -0.3 is 0 Å². The highest BCUT2D eigenvalue weighted by Crippen LogP contribution is 2.48. The zero-order chi connectivity index (χ0) is 31.0. The molecule has 0 aliphatic carbocycles. The normalized spacial score (nSPS) is 11.3. The van der Waals surface area contributed by atoms with Gasteiger partial charge in [-0.15, -0.1) is 0 Å². The Balaban J connectivity index is 0.00000153. The first kappa shape index (κ1) is 27.5. The average Bonchev–Trinajstić information content (AvgIpc) is 3.14. The molecule has 7 aromatic carbocycles. The maximum atomic E-state index is 4.38. The van der Waals surface area contributed by atoms with Crippen LogP contribution in [0.3, 0.4) is 0 Å². The number of rotatable bonds is 3. The zero-order valence-electron chi connectivity index (χ0n) is 25.6. The van der Waals surface area contributed by atoms with Gasteiger partial charge in [-0.2, -0.15) is 0 Å². The fourth-order valence-electron chi connectivity index (χ4n) is 7.00. The van der Waals surface area contributed by atoms with Crippen LogP contribution in [0.25, 0.3) is 87.2 Å². The summed E-state index contributed by atoms with van der Waals surface area (Å²) in [7, 11) is 0. The Kier molecular flexibility index (Phi) is 6.88. The standard InChI is InChI=1S/C40H24N4.C2H6/c1-2-9-29-25(8-1)18-37-30-15-7-14-28(26-19-41-23-42-20-26)31(30)16-17-36(37)39(29)40-34-12-5-3-10-32(34)38(27-21-43-24-44-22-27)33-11-4-6-13-35(33)40;1-2/h1-24H;1-2H3. The summed E-state index contributed by atoms with van der Waals surface area (Å²) in [6, 6.07) is 39.7. The van der Waals surface area contributed by atoms with E-state index < -0.39 is 0 Å². The summed E-state index contributed by atoms with van der Waals surface area (Å²) in [6.07, 6.45) is 10.8. The molecule has 9 aromatic rings. The van der Waals surface area contributed by atoms with Crippen LogP contribution in [0.5, 0.6) is 0 Å². The van der Waals surface area contributed by atoms with Gasteiger partial charge in [0.15, 0.2) is 0 Å². The summed E-state index contributed by atoms with van der Waals surface area (Å²) in [5.74, 6) is 0. The number of aromatic nitrogens is 4. The molecule has 4 nitrogen and oxygen atoms in total. The lowest BCUT2D eigenvalue weighted by atomic mass is 9.82. The quantitative estimate of drug-likeness (QED) is 0.152. The van der Waals surface area contributed by atoms with Crippen LogP contribution in [0, 0.1) is 0 Å². The van der Waals surface area contributed by atoms with Crippen molar-refractivity contribution in [3.63, 3.8) is 0 Å². The summed E-state index contributed by atoms with van der Waals surface area (Å²) in [4.78, 5) is 17.3. The highest BCUT2D eigenvalue weighted by atomic mass is 14.8. The van der Waals surface area contributed by atoms with Crippen LogP contribution in [0.4, 0.5) is 0 Å². The molecule has 0 bridgehead atoms. The lowest BCUT2D eigenvalue weighted by Crippen LogP contribution is -1.94. The number of hydrogen-bond donors (Lipinski definition) is 0. The predicted molar refractivity (Wildman–Crippen MR) is 193 cm³/mol. The fraction of sp³-hybridized carbons (Fsp3) is 0.0476. The molecule has 0 aliphatic heterocycles. The minimum Gasteiger partial charge on any atom is -0.244 e. The van der Waals surface area contributed by atoms with Crippen molar-refractivity contribution >= 4 is 53.9 Å². The van der Waals surface area contributed by atoms with E-state index in [2.05, 4.69) is 129 Å². The van der Waals surface area contributed by atoms with Gasteiger partial charge in [-0.1, -0.05) is 117 Å². The third-order valence-corrected chi connectivity index (χ3v) is 8.80. The molecule has 0 aliphatic rings. The van der Waals surface area contributed by atoms with Gasteiger partial charge in [0, 0.05) is 41.5 Å². The smallest absolute Gasteiger partial charge is 0.115 e. The lowest BCUT2D eigenvalue weighted by molar-refractivity contribution is 1.17. The van der Waals surface area contributed by atoms with Crippen LogP contribution in [-0.2, 0) is 0 Å². The molecule has 2 heterocycles. The molecule has 0 saturated carbocycles. The highest BCUT2D eigenvalue weighted by molar-refractivity contribution is 6.29. The van der Waals surface area contributed by atoms with Gasteiger partial charge in [-0.25, -0.2) is 19.9 Å². The lowest BCUT2D eigenvalue weighted by Gasteiger charge is -2.21.